The third kappa shape index (κ3) is 13.8. The monoisotopic (exact) mass is 233 g/mol. The highest BCUT2D eigenvalue weighted by molar-refractivity contribution is 4.64. The summed E-state index contributed by atoms with van der Waals surface area (Å²) in [7, 11) is 1.67. The molecule has 4 nitrogen and oxygen atoms in total. The summed E-state index contributed by atoms with van der Waals surface area (Å²) >= 11 is 0. The van der Waals surface area contributed by atoms with Gasteiger partial charge in [-0.1, -0.05) is 20.8 Å². The van der Waals surface area contributed by atoms with E-state index in [-0.39, 0.29) is 0 Å². The van der Waals surface area contributed by atoms with Crippen molar-refractivity contribution in [3.63, 3.8) is 0 Å². The van der Waals surface area contributed by atoms with Crippen molar-refractivity contribution in [3.05, 3.63) is 0 Å². The van der Waals surface area contributed by atoms with Crippen molar-refractivity contribution in [1.82, 2.24) is 5.32 Å². The van der Waals surface area contributed by atoms with E-state index in [0.29, 0.717) is 31.8 Å². The Morgan fingerprint density at radius 3 is 2.00 bits per heavy atom. The van der Waals surface area contributed by atoms with Crippen molar-refractivity contribution in [2.24, 2.45) is 5.41 Å². The topological polar surface area (TPSA) is 39.7 Å². The predicted molar refractivity (Wildman–Crippen MR) is 65.8 cm³/mol. The molecule has 0 aromatic heterocycles. The Kier molecular flexibility index (Phi) is 9.92. The normalized spacial score (nSPS) is 12.0. The Morgan fingerprint density at radius 1 is 0.875 bits per heavy atom. The van der Waals surface area contributed by atoms with E-state index in [0.717, 1.165) is 19.7 Å². The van der Waals surface area contributed by atoms with Crippen LogP contribution in [0.2, 0.25) is 0 Å². The Labute approximate surface area is 99.6 Å². The molecule has 0 aliphatic heterocycles. The molecule has 1 N–H and O–H groups in total. The standard InChI is InChI=1S/C12H27NO3/c1-12(2,3)11-13-5-6-15-9-10-16-8-7-14-4/h13H,5-11H2,1-4H3. The zero-order valence-electron chi connectivity index (χ0n) is 11.2. The van der Waals surface area contributed by atoms with Gasteiger partial charge in [-0.2, -0.15) is 0 Å². The highest BCUT2D eigenvalue weighted by Gasteiger charge is 2.07. The Hall–Kier alpha value is -0.160. The first-order valence-electron chi connectivity index (χ1n) is 5.91. The first kappa shape index (κ1) is 15.8. The molecule has 0 bridgehead atoms. The molecule has 4 heteroatoms. The number of hydrogen-bond acceptors (Lipinski definition) is 4. The maximum absolute atomic E-state index is 5.40. The van der Waals surface area contributed by atoms with Crippen LogP contribution in [0.25, 0.3) is 0 Å². The number of nitrogens with one attached hydrogen (secondary N) is 1. The van der Waals surface area contributed by atoms with Crippen molar-refractivity contribution >= 4 is 0 Å². The second-order valence-corrected chi connectivity index (χ2v) is 4.95. The van der Waals surface area contributed by atoms with Crippen LogP contribution in [0.5, 0.6) is 0 Å². The van der Waals surface area contributed by atoms with Crippen LogP contribution in [-0.4, -0.2) is 53.2 Å². The highest BCUT2D eigenvalue weighted by atomic mass is 16.5. The van der Waals surface area contributed by atoms with Gasteiger partial charge in [0.05, 0.1) is 33.0 Å². The van der Waals surface area contributed by atoms with Gasteiger partial charge in [0.25, 0.3) is 0 Å². The van der Waals surface area contributed by atoms with E-state index in [9.17, 15) is 0 Å². The summed E-state index contributed by atoms with van der Waals surface area (Å²) in [6, 6.07) is 0. The predicted octanol–water partition coefficient (Wildman–Crippen LogP) is 1.30. The molecule has 0 heterocycles. The van der Waals surface area contributed by atoms with Gasteiger partial charge >= 0.3 is 0 Å². The second kappa shape index (κ2) is 10.0. The van der Waals surface area contributed by atoms with Crippen molar-refractivity contribution in [3.8, 4) is 0 Å². The smallest absolute Gasteiger partial charge is 0.0701 e. The molecule has 0 amide bonds. The number of hydrogen-bond donors (Lipinski definition) is 1. The minimum absolute atomic E-state index is 0.337. The van der Waals surface area contributed by atoms with E-state index in [4.69, 9.17) is 14.2 Å². The van der Waals surface area contributed by atoms with Crippen LogP contribution < -0.4 is 5.32 Å². The zero-order valence-corrected chi connectivity index (χ0v) is 11.2. The molecule has 0 unspecified atom stereocenters. The average molecular weight is 233 g/mol. The van der Waals surface area contributed by atoms with Gasteiger partial charge in [-0.05, 0) is 5.41 Å². The lowest BCUT2D eigenvalue weighted by Gasteiger charge is -2.18. The van der Waals surface area contributed by atoms with Crippen LogP contribution in [0.4, 0.5) is 0 Å². The summed E-state index contributed by atoms with van der Waals surface area (Å²) in [5.41, 5.74) is 0.337. The van der Waals surface area contributed by atoms with Crippen LogP contribution in [0.1, 0.15) is 20.8 Å². The minimum atomic E-state index is 0.337. The number of rotatable bonds is 10. The maximum atomic E-state index is 5.40. The highest BCUT2D eigenvalue weighted by Crippen LogP contribution is 2.09. The van der Waals surface area contributed by atoms with E-state index in [1.54, 1.807) is 7.11 Å². The van der Waals surface area contributed by atoms with Crippen LogP contribution in [0.3, 0.4) is 0 Å². The molecule has 0 rings (SSSR count). The molecule has 98 valence electrons. The summed E-state index contributed by atoms with van der Waals surface area (Å²) < 4.78 is 15.5. The summed E-state index contributed by atoms with van der Waals surface area (Å²) in [5, 5.41) is 3.35. The van der Waals surface area contributed by atoms with Crippen LogP contribution in [0.15, 0.2) is 0 Å². The maximum Gasteiger partial charge on any atom is 0.0701 e. The fraction of sp³-hybridized carbons (Fsp3) is 1.00. The van der Waals surface area contributed by atoms with Crippen molar-refractivity contribution in [2.45, 2.75) is 20.8 Å². The van der Waals surface area contributed by atoms with E-state index in [2.05, 4.69) is 26.1 Å². The number of methoxy groups -OCH3 is 1. The first-order chi connectivity index (χ1) is 7.56. The molecule has 0 fully saturated rings. The van der Waals surface area contributed by atoms with Crippen molar-refractivity contribution < 1.29 is 14.2 Å². The van der Waals surface area contributed by atoms with E-state index in [1.165, 1.54) is 0 Å². The van der Waals surface area contributed by atoms with Crippen LogP contribution in [-0.2, 0) is 14.2 Å². The molecule has 0 aliphatic carbocycles. The lowest BCUT2D eigenvalue weighted by atomic mass is 9.97. The summed E-state index contributed by atoms with van der Waals surface area (Å²) in [6.07, 6.45) is 0. The van der Waals surface area contributed by atoms with Gasteiger partial charge in [-0.15, -0.1) is 0 Å². The Balaban J connectivity index is 2.99. The van der Waals surface area contributed by atoms with Crippen LogP contribution >= 0.6 is 0 Å². The summed E-state index contributed by atoms with van der Waals surface area (Å²) in [4.78, 5) is 0. The largest absolute Gasteiger partial charge is 0.382 e. The van der Waals surface area contributed by atoms with Gasteiger partial charge in [-0.3, -0.25) is 0 Å². The summed E-state index contributed by atoms with van der Waals surface area (Å²) in [6.45, 7) is 11.9. The quantitative estimate of drug-likeness (QED) is 0.577. The third-order valence-electron chi connectivity index (χ3n) is 1.88. The van der Waals surface area contributed by atoms with E-state index >= 15 is 0 Å². The minimum Gasteiger partial charge on any atom is -0.382 e. The molecule has 0 spiro atoms. The van der Waals surface area contributed by atoms with Gasteiger partial charge in [0.15, 0.2) is 0 Å². The molecule has 0 aromatic rings. The molecule has 0 saturated carbocycles. The third-order valence-corrected chi connectivity index (χ3v) is 1.88. The Morgan fingerprint density at radius 2 is 1.44 bits per heavy atom. The number of ether oxygens (including phenoxy) is 3. The SMILES string of the molecule is COCCOCCOCCNCC(C)(C)C. The molecular weight excluding hydrogens is 206 g/mol. The fourth-order valence-electron chi connectivity index (χ4n) is 1.07. The van der Waals surface area contributed by atoms with Crippen molar-refractivity contribution in [1.29, 1.82) is 0 Å². The average Bonchev–Trinajstić information content (AvgIpc) is 2.19. The van der Waals surface area contributed by atoms with Gasteiger partial charge in [0.1, 0.15) is 0 Å². The molecule has 0 saturated heterocycles. The molecule has 0 aromatic carbocycles. The van der Waals surface area contributed by atoms with E-state index in [1.807, 2.05) is 0 Å². The Bertz CT molecular complexity index is 146. The van der Waals surface area contributed by atoms with Crippen LogP contribution in [0, 0.1) is 5.41 Å². The molecule has 0 aliphatic rings. The van der Waals surface area contributed by atoms with Gasteiger partial charge in [0, 0.05) is 20.2 Å². The van der Waals surface area contributed by atoms with Gasteiger partial charge in [-0.25, -0.2) is 0 Å². The fourth-order valence-corrected chi connectivity index (χ4v) is 1.07. The van der Waals surface area contributed by atoms with Gasteiger partial charge < -0.3 is 19.5 Å². The molecule has 0 radical (unpaired) electrons. The zero-order chi connectivity index (χ0) is 12.3. The van der Waals surface area contributed by atoms with E-state index < -0.39 is 0 Å². The summed E-state index contributed by atoms with van der Waals surface area (Å²) in [5.74, 6) is 0. The van der Waals surface area contributed by atoms with Crippen molar-refractivity contribution in [2.75, 3.05) is 53.2 Å². The second-order valence-electron chi connectivity index (χ2n) is 4.95. The lowest BCUT2D eigenvalue weighted by molar-refractivity contribution is 0.0253. The van der Waals surface area contributed by atoms with Gasteiger partial charge in [0.2, 0.25) is 0 Å². The lowest BCUT2D eigenvalue weighted by Crippen LogP contribution is -2.29. The molecule has 0 atom stereocenters. The molecular formula is C12H27NO3. The first-order valence-corrected chi connectivity index (χ1v) is 5.91. The molecule has 16 heavy (non-hydrogen) atoms.